The average molecular weight is 240 g/mol. The topological polar surface area (TPSA) is 42.0 Å². The molecule has 90 valence electrons. The zero-order valence-corrected chi connectivity index (χ0v) is 11.4. The number of hydrogen-bond donors (Lipinski definition) is 1. The van der Waals surface area contributed by atoms with E-state index in [4.69, 9.17) is 0 Å². The molecule has 0 radical (unpaired) electrons. The van der Waals surface area contributed by atoms with Crippen molar-refractivity contribution in [1.82, 2.24) is 4.98 Å². The molecule has 0 aromatic carbocycles. The second kappa shape index (κ2) is 4.95. The highest BCUT2D eigenvalue weighted by atomic mass is 32.1. The molecule has 4 heteroatoms. The summed E-state index contributed by atoms with van der Waals surface area (Å²) in [5, 5.41) is 5.56. The minimum atomic E-state index is 0.0375. The lowest BCUT2D eigenvalue weighted by molar-refractivity contribution is -0.119. The SMILES string of the molecule is CC[C@H](C)C(=O)Nc1nc(C(C)(C)C)cs1. The molecule has 3 nitrogen and oxygen atoms in total. The molecule has 0 bridgehead atoms. The highest BCUT2D eigenvalue weighted by molar-refractivity contribution is 7.13. The molecule has 0 fully saturated rings. The van der Waals surface area contributed by atoms with Gasteiger partial charge in [-0.3, -0.25) is 4.79 Å². The Morgan fingerprint density at radius 1 is 1.56 bits per heavy atom. The van der Waals surface area contributed by atoms with Crippen LogP contribution in [0.3, 0.4) is 0 Å². The van der Waals surface area contributed by atoms with Crippen LogP contribution < -0.4 is 5.32 Å². The Balaban J connectivity index is 2.70. The van der Waals surface area contributed by atoms with Crippen LogP contribution in [-0.4, -0.2) is 10.9 Å². The Bertz CT molecular complexity index is 365. The lowest BCUT2D eigenvalue weighted by Crippen LogP contribution is -2.20. The van der Waals surface area contributed by atoms with Crippen LogP contribution >= 0.6 is 11.3 Å². The minimum absolute atomic E-state index is 0.0375. The fourth-order valence-electron chi connectivity index (χ4n) is 1.09. The Hall–Kier alpha value is -0.900. The second-order valence-electron chi connectivity index (χ2n) is 5.09. The number of carbonyl (C=O) groups is 1. The van der Waals surface area contributed by atoms with Crippen molar-refractivity contribution in [3.63, 3.8) is 0 Å². The third kappa shape index (κ3) is 3.30. The third-order valence-electron chi connectivity index (χ3n) is 2.56. The maximum Gasteiger partial charge on any atom is 0.228 e. The van der Waals surface area contributed by atoms with Crippen molar-refractivity contribution >= 4 is 22.4 Å². The van der Waals surface area contributed by atoms with E-state index in [1.54, 1.807) is 0 Å². The van der Waals surface area contributed by atoms with Crippen molar-refractivity contribution in [1.29, 1.82) is 0 Å². The monoisotopic (exact) mass is 240 g/mol. The van der Waals surface area contributed by atoms with E-state index in [1.165, 1.54) is 11.3 Å². The van der Waals surface area contributed by atoms with E-state index in [1.807, 2.05) is 19.2 Å². The van der Waals surface area contributed by atoms with Crippen LogP contribution in [0.2, 0.25) is 0 Å². The molecular weight excluding hydrogens is 220 g/mol. The molecule has 16 heavy (non-hydrogen) atoms. The fraction of sp³-hybridized carbons (Fsp3) is 0.667. The van der Waals surface area contributed by atoms with Gasteiger partial charge in [0.2, 0.25) is 5.91 Å². The zero-order valence-electron chi connectivity index (χ0n) is 10.6. The van der Waals surface area contributed by atoms with Gasteiger partial charge in [-0.05, 0) is 6.42 Å². The largest absolute Gasteiger partial charge is 0.302 e. The minimum Gasteiger partial charge on any atom is -0.302 e. The molecule has 1 atom stereocenters. The summed E-state index contributed by atoms with van der Waals surface area (Å²) < 4.78 is 0. The number of hydrogen-bond acceptors (Lipinski definition) is 3. The summed E-state index contributed by atoms with van der Waals surface area (Å²) in [7, 11) is 0. The van der Waals surface area contributed by atoms with Gasteiger partial charge in [0.05, 0.1) is 5.69 Å². The van der Waals surface area contributed by atoms with Crippen molar-refractivity contribution < 1.29 is 4.79 Å². The van der Waals surface area contributed by atoms with E-state index < -0.39 is 0 Å². The molecule has 1 aromatic heterocycles. The number of amides is 1. The van der Waals surface area contributed by atoms with E-state index in [0.29, 0.717) is 5.13 Å². The van der Waals surface area contributed by atoms with Crippen LogP contribution in [0.4, 0.5) is 5.13 Å². The van der Waals surface area contributed by atoms with Gasteiger partial charge < -0.3 is 5.32 Å². The van der Waals surface area contributed by atoms with E-state index in [2.05, 4.69) is 31.1 Å². The van der Waals surface area contributed by atoms with E-state index in [0.717, 1.165) is 12.1 Å². The molecule has 1 N–H and O–H groups in total. The summed E-state index contributed by atoms with van der Waals surface area (Å²) in [6, 6.07) is 0. The van der Waals surface area contributed by atoms with Crippen LogP contribution in [-0.2, 0) is 10.2 Å². The maximum absolute atomic E-state index is 11.7. The molecule has 1 heterocycles. The number of carbonyl (C=O) groups excluding carboxylic acids is 1. The summed E-state index contributed by atoms with van der Waals surface area (Å²) in [6.45, 7) is 10.3. The van der Waals surface area contributed by atoms with Crippen molar-refractivity contribution in [2.75, 3.05) is 5.32 Å². The lowest BCUT2D eigenvalue weighted by atomic mass is 9.93. The highest BCUT2D eigenvalue weighted by Crippen LogP contribution is 2.26. The van der Waals surface area contributed by atoms with Crippen molar-refractivity contribution in [3.05, 3.63) is 11.1 Å². The Kier molecular flexibility index (Phi) is 4.08. The van der Waals surface area contributed by atoms with Gasteiger partial charge >= 0.3 is 0 Å². The van der Waals surface area contributed by atoms with Crippen molar-refractivity contribution in [2.45, 2.75) is 46.5 Å². The quantitative estimate of drug-likeness (QED) is 0.879. The first-order valence-electron chi connectivity index (χ1n) is 5.61. The molecule has 0 aliphatic rings. The Morgan fingerprint density at radius 3 is 2.62 bits per heavy atom. The number of nitrogens with zero attached hydrogens (tertiary/aromatic N) is 1. The molecule has 1 rings (SSSR count). The van der Waals surface area contributed by atoms with Crippen LogP contribution in [0.5, 0.6) is 0 Å². The van der Waals surface area contributed by atoms with Gasteiger partial charge in [-0.25, -0.2) is 4.98 Å². The predicted octanol–water partition coefficient (Wildman–Crippen LogP) is 3.43. The number of aromatic nitrogens is 1. The Morgan fingerprint density at radius 2 is 2.19 bits per heavy atom. The number of rotatable bonds is 3. The molecule has 0 spiro atoms. The highest BCUT2D eigenvalue weighted by Gasteiger charge is 2.19. The number of anilines is 1. The molecule has 0 aliphatic heterocycles. The first-order valence-corrected chi connectivity index (χ1v) is 6.49. The van der Waals surface area contributed by atoms with Crippen molar-refractivity contribution in [3.8, 4) is 0 Å². The van der Waals surface area contributed by atoms with Gasteiger partial charge in [-0.15, -0.1) is 11.3 Å². The molecular formula is C12H20N2OS. The van der Waals surface area contributed by atoms with Crippen LogP contribution in [0.15, 0.2) is 5.38 Å². The molecule has 0 aliphatic carbocycles. The fourth-order valence-corrected chi connectivity index (χ4v) is 2.03. The maximum atomic E-state index is 11.7. The zero-order chi connectivity index (χ0) is 12.3. The van der Waals surface area contributed by atoms with Gasteiger partial charge in [-0.2, -0.15) is 0 Å². The van der Waals surface area contributed by atoms with Crippen molar-refractivity contribution in [2.24, 2.45) is 5.92 Å². The first kappa shape index (κ1) is 13.2. The lowest BCUT2D eigenvalue weighted by Gasteiger charge is -2.14. The summed E-state index contributed by atoms with van der Waals surface area (Å²) in [6.07, 6.45) is 0.851. The molecule has 0 unspecified atom stereocenters. The standard InChI is InChI=1S/C12H20N2OS/c1-6-8(2)10(15)14-11-13-9(7-16-11)12(3,4)5/h7-8H,6H2,1-5H3,(H,13,14,15)/t8-/m0/s1. The van der Waals surface area contributed by atoms with E-state index >= 15 is 0 Å². The van der Waals surface area contributed by atoms with E-state index in [-0.39, 0.29) is 17.2 Å². The first-order chi connectivity index (χ1) is 7.34. The number of nitrogens with one attached hydrogen (secondary N) is 1. The third-order valence-corrected chi connectivity index (χ3v) is 3.32. The molecule has 0 saturated carbocycles. The van der Waals surface area contributed by atoms with Gasteiger partial charge in [-0.1, -0.05) is 34.6 Å². The smallest absolute Gasteiger partial charge is 0.228 e. The van der Waals surface area contributed by atoms with Gasteiger partial charge in [0.25, 0.3) is 0 Å². The predicted molar refractivity (Wildman–Crippen MR) is 68.9 cm³/mol. The summed E-state index contributed by atoms with van der Waals surface area (Å²) in [4.78, 5) is 16.1. The average Bonchev–Trinajstić information content (AvgIpc) is 2.64. The van der Waals surface area contributed by atoms with E-state index in [9.17, 15) is 4.79 Å². The van der Waals surface area contributed by atoms with Crippen LogP contribution in [0.25, 0.3) is 0 Å². The second-order valence-corrected chi connectivity index (χ2v) is 5.94. The molecule has 1 aromatic rings. The van der Waals surface area contributed by atoms with Crippen LogP contribution in [0.1, 0.15) is 46.7 Å². The van der Waals surface area contributed by atoms with Crippen LogP contribution in [0, 0.1) is 5.92 Å². The number of thiazole rings is 1. The molecule has 0 saturated heterocycles. The van der Waals surface area contributed by atoms with Gasteiger partial charge in [0.1, 0.15) is 0 Å². The Labute approximate surface area is 101 Å². The van der Waals surface area contributed by atoms with Gasteiger partial charge in [0.15, 0.2) is 5.13 Å². The summed E-state index contributed by atoms with van der Waals surface area (Å²) >= 11 is 1.49. The van der Waals surface area contributed by atoms with Gasteiger partial charge in [0, 0.05) is 16.7 Å². The summed E-state index contributed by atoms with van der Waals surface area (Å²) in [5.41, 5.74) is 1.06. The summed E-state index contributed by atoms with van der Waals surface area (Å²) in [5.74, 6) is 0.0966. The normalized spacial score (nSPS) is 13.6. The molecule has 1 amide bonds.